The van der Waals surface area contributed by atoms with E-state index < -0.39 is 5.54 Å². The first-order valence-electron chi connectivity index (χ1n) is 12.2. The molecule has 0 bridgehead atoms. The number of benzene rings is 1. The van der Waals surface area contributed by atoms with Crippen LogP contribution >= 0.6 is 11.6 Å². The molecule has 1 aliphatic heterocycles. The number of anilines is 1. The summed E-state index contributed by atoms with van der Waals surface area (Å²) in [5.41, 5.74) is 3.20. The number of pyridine rings is 1. The van der Waals surface area contributed by atoms with Crippen LogP contribution in [-0.4, -0.2) is 63.1 Å². The Balaban J connectivity index is 1.34. The molecule has 9 nitrogen and oxygen atoms in total. The van der Waals surface area contributed by atoms with Crippen molar-refractivity contribution in [1.82, 2.24) is 30.2 Å². The molecule has 10 heteroatoms. The van der Waals surface area contributed by atoms with E-state index in [1.165, 1.54) is 0 Å². The minimum Gasteiger partial charge on any atom is -0.481 e. The Morgan fingerprint density at radius 3 is 2.65 bits per heavy atom. The summed E-state index contributed by atoms with van der Waals surface area (Å²) in [4.78, 5) is 34.0. The summed E-state index contributed by atoms with van der Waals surface area (Å²) in [5.74, 6) is 1.39. The fraction of sp³-hybridized carbons (Fsp3) is 0.333. The number of ether oxygens (including phenoxy) is 1. The van der Waals surface area contributed by atoms with Gasteiger partial charge in [0.15, 0.2) is 0 Å². The number of methoxy groups -OCH3 is 1. The molecule has 0 spiro atoms. The first-order valence-corrected chi connectivity index (χ1v) is 12.6. The maximum absolute atomic E-state index is 13.3. The van der Waals surface area contributed by atoms with Gasteiger partial charge in [-0.15, -0.1) is 0 Å². The second-order valence-corrected chi connectivity index (χ2v) is 10.3. The number of H-pyrrole nitrogens is 1. The molecule has 4 heterocycles. The van der Waals surface area contributed by atoms with E-state index in [9.17, 15) is 4.79 Å². The molecular weight excluding hydrogens is 490 g/mol. The van der Waals surface area contributed by atoms with Crippen molar-refractivity contribution in [2.45, 2.75) is 32.4 Å². The van der Waals surface area contributed by atoms with Gasteiger partial charge in [0.1, 0.15) is 17.8 Å². The number of hydrogen-bond acceptors (Lipinski definition) is 6. The molecule has 0 radical (unpaired) electrons. The third-order valence-corrected chi connectivity index (χ3v) is 7.07. The highest BCUT2D eigenvalue weighted by atomic mass is 35.5. The molecule has 0 saturated carbocycles. The van der Waals surface area contributed by atoms with Gasteiger partial charge in [-0.1, -0.05) is 23.7 Å². The molecule has 3 aromatic heterocycles. The third kappa shape index (κ3) is 5.04. The van der Waals surface area contributed by atoms with Crippen LogP contribution in [0.1, 0.15) is 32.4 Å². The Bertz CT molecular complexity index is 1420. The van der Waals surface area contributed by atoms with Gasteiger partial charge in [0.05, 0.1) is 24.1 Å². The zero-order valence-corrected chi connectivity index (χ0v) is 22.1. The zero-order chi connectivity index (χ0) is 26.2. The van der Waals surface area contributed by atoms with E-state index in [2.05, 4.69) is 50.1 Å². The van der Waals surface area contributed by atoms with Gasteiger partial charge < -0.3 is 24.8 Å². The third-order valence-electron chi connectivity index (χ3n) is 6.82. The molecule has 1 saturated heterocycles. The van der Waals surface area contributed by atoms with Gasteiger partial charge in [0, 0.05) is 48.2 Å². The minimum atomic E-state index is -0.420. The molecule has 0 aliphatic carbocycles. The van der Waals surface area contributed by atoms with Crippen molar-refractivity contribution in [2.75, 3.05) is 31.6 Å². The van der Waals surface area contributed by atoms with Crippen LogP contribution in [-0.2, 0) is 0 Å². The Hall–Kier alpha value is -3.85. The van der Waals surface area contributed by atoms with Crippen LogP contribution in [0.15, 0.2) is 55.0 Å². The lowest BCUT2D eigenvalue weighted by Gasteiger charge is -2.47. The normalized spacial score (nSPS) is 16.0. The number of piperazine rings is 1. The molecule has 37 heavy (non-hydrogen) atoms. The molecule has 2 amide bonds. The van der Waals surface area contributed by atoms with Gasteiger partial charge >= 0.3 is 6.03 Å². The summed E-state index contributed by atoms with van der Waals surface area (Å²) in [6, 6.07) is 13.2. The van der Waals surface area contributed by atoms with Gasteiger partial charge in [0.2, 0.25) is 5.88 Å². The van der Waals surface area contributed by atoms with Crippen molar-refractivity contribution in [1.29, 1.82) is 0 Å². The number of nitrogens with zero attached hydrogens (tertiary/aromatic N) is 5. The molecule has 1 aliphatic rings. The molecule has 192 valence electrons. The van der Waals surface area contributed by atoms with Crippen molar-refractivity contribution < 1.29 is 9.53 Å². The number of halogens is 1. The number of aromatic amines is 1. The highest BCUT2D eigenvalue weighted by molar-refractivity contribution is 6.30. The van der Waals surface area contributed by atoms with Crippen molar-refractivity contribution in [3.8, 4) is 17.1 Å². The van der Waals surface area contributed by atoms with Gasteiger partial charge in [-0.2, -0.15) is 0 Å². The number of nitrogens with one attached hydrogen (secondary N) is 2. The maximum Gasteiger partial charge on any atom is 0.318 e. The number of carbonyl (C=O) groups is 1. The largest absolute Gasteiger partial charge is 0.481 e. The zero-order valence-electron chi connectivity index (χ0n) is 21.3. The van der Waals surface area contributed by atoms with E-state index in [4.69, 9.17) is 16.3 Å². The van der Waals surface area contributed by atoms with Crippen LogP contribution < -0.4 is 15.0 Å². The summed E-state index contributed by atoms with van der Waals surface area (Å²) in [6.45, 7) is 7.99. The highest BCUT2D eigenvalue weighted by Gasteiger charge is 2.38. The fourth-order valence-corrected chi connectivity index (χ4v) is 4.96. The molecule has 1 aromatic carbocycles. The number of rotatable bonds is 5. The molecule has 0 unspecified atom stereocenters. The highest BCUT2D eigenvalue weighted by Crippen LogP contribution is 2.32. The Labute approximate surface area is 220 Å². The maximum atomic E-state index is 13.3. The van der Waals surface area contributed by atoms with Crippen molar-refractivity contribution in [3.63, 3.8) is 0 Å². The molecule has 2 N–H and O–H groups in total. The van der Waals surface area contributed by atoms with Gasteiger partial charge in [-0.3, -0.25) is 0 Å². The van der Waals surface area contributed by atoms with Crippen LogP contribution in [0.3, 0.4) is 0 Å². The van der Waals surface area contributed by atoms with E-state index in [0.717, 1.165) is 33.7 Å². The predicted octanol–water partition coefficient (Wildman–Crippen LogP) is 5.05. The summed E-state index contributed by atoms with van der Waals surface area (Å²) in [6.07, 6.45) is 3.29. The Morgan fingerprint density at radius 1 is 1.14 bits per heavy atom. The second-order valence-electron chi connectivity index (χ2n) is 9.84. The smallest absolute Gasteiger partial charge is 0.318 e. The van der Waals surface area contributed by atoms with Gasteiger partial charge in [-0.05, 0) is 50.6 Å². The average molecular weight is 520 g/mol. The molecule has 1 fully saturated rings. The van der Waals surface area contributed by atoms with Crippen LogP contribution in [0.4, 0.5) is 10.6 Å². The number of carbonyl (C=O) groups excluding carboxylic acids is 1. The van der Waals surface area contributed by atoms with Gasteiger partial charge in [-0.25, -0.2) is 19.7 Å². The Kier molecular flexibility index (Phi) is 6.64. The lowest BCUT2D eigenvalue weighted by atomic mass is 9.98. The lowest BCUT2D eigenvalue weighted by molar-refractivity contribution is 0.121. The molecule has 1 atom stereocenters. The minimum absolute atomic E-state index is 0.0875. The number of urea groups is 1. The summed E-state index contributed by atoms with van der Waals surface area (Å²) >= 11 is 6.01. The number of amides is 2. The fourth-order valence-electron chi connectivity index (χ4n) is 4.83. The van der Waals surface area contributed by atoms with Crippen LogP contribution in [0.5, 0.6) is 5.88 Å². The van der Waals surface area contributed by atoms with E-state index in [-0.39, 0.29) is 12.1 Å². The topological polar surface area (TPSA) is 99.3 Å². The SMILES string of the molecule is COc1cc(-c2cc3c(N4CCN(C(=O)N[C@@H](C)c5ccc(Cl)cc5)C(C)(C)C4)ncnc3[nH]2)ccn1. The summed E-state index contributed by atoms with van der Waals surface area (Å²) in [5, 5.41) is 4.74. The Morgan fingerprint density at radius 2 is 1.92 bits per heavy atom. The van der Waals surface area contributed by atoms with Crippen LogP contribution in [0.2, 0.25) is 5.02 Å². The summed E-state index contributed by atoms with van der Waals surface area (Å²) < 4.78 is 5.27. The van der Waals surface area contributed by atoms with E-state index in [0.29, 0.717) is 30.5 Å². The second kappa shape index (κ2) is 9.89. The first kappa shape index (κ1) is 24.8. The van der Waals surface area contributed by atoms with E-state index >= 15 is 0 Å². The number of fused-ring (bicyclic) bond motifs is 1. The van der Waals surface area contributed by atoms with Crippen LogP contribution in [0, 0.1) is 0 Å². The van der Waals surface area contributed by atoms with E-state index in [1.807, 2.05) is 48.2 Å². The molecule has 5 rings (SSSR count). The standard InChI is InChI=1S/C27H30ClN7O2/c1-17(18-5-7-20(28)8-6-18)32-26(36)35-12-11-34(15-27(35,2)3)25-21-14-22(33-24(21)30-16-31-25)19-9-10-29-23(13-19)37-4/h5-10,13-14,16-17H,11-12,15H2,1-4H3,(H,32,36)(H,30,31,33)/t17-/m0/s1. The van der Waals surface area contributed by atoms with Crippen molar-refractivity contribution in [2.24, 2.45) is 0 Å². The van der Waals surface area contributed by atoms with Crippen molar-refractivity contribution in [3.05, 3.63) is 65.6 Å². The lowest BCUT2D eigenvalue weighted by Crippen LogP contribution is -2.63. The quantitative estimate of drug-likeness (QED) is 0.382. The summed E-state index contributed by atoms with van der Waals surface area (Å²) in [7, 11) is 1.60. The predicted molar refractivity (Wildman–Crippen MR) is 145 cm³/mol. The van der Waals surface area contributed by atoms with E-state index in [1.54, 1.807) is 19.6 Å². The monoisotopic (exact) mass is 519 g/mol. The molecular formula is C27H30ClN7O2. The number of aromatic nitrogens is 4. The molecule has 4 aromatic rings. The number of hydrogen-bond donors (Lipinski definition) is 2. The van der Waals surface area contributed by atoms with Crippen molar-refractivity contribution >= 4 is 34.5 Å². The first-order chi connectivity index (χ1) is 17.7. The van der Waals surface area contributed by atoms with Crippen LogP contribution in [0.25, 0.3) is 22.3 Å². The average Bonchev–Trinajstić information content (AvgIpc) is 3.33. The van der Waals surface area contributed by atoms with Gasteiger partial charge in [0.25, 0.3) is 0 Å².